The van der Waals surface area contributed by atoms with E-state index >= 15 is 0 Å². The highest BCUT2D eigenvalue weighted by atomic mass is 33.1. The van der Waals surface area contributed by atoms with Gasteiger partial charge in [0.1, 0.15) is 0 Å². The van der Waals surface area contributed by atoms with E-state index in [1.807, 2.05) is 0 Å². The van der Waals surface area contributed by atoms with Gasteiger partial charge in [0.25, 0.3) is 0 Å². The second kappa shape index (κ2) is 7.95. The number of carbonyl (C=O) groups excluding carboxylic acids is 2. The van der Waals surface area contributed by atoms with Crippen molar-refractivity contribution >= 4 is 33.4 Å². The first kappa shape index (κ1) is 22.0. The van der Waals surface area contributed by atoms with Crippen LogP contribution in [0.2, 0.25) is 0 Å². The third-order valence-corrected chi connectivity index (χ3v) is 5.93. The molecule has 0 saturated heterocycles. The largest absolute Gasteiger partial charge is 0.417 e. The molecular weight excluding hydrogens is 430 g/mol. The van der Waals surface area contributed by atoms with Crippen LogP contribution in [-0.2, 0) is 12.4 Å². The smallest absolute Gasteiger partial charge is 0.366 e. The summed E-state index contributed by atoms with van der Waals surface area (Å²) in [5.41, 5.74) is 6.66. The molecule has 2 amide bonds. The molecule has 28 heavy (non-hydrogen) atoms. The maximum atomic E-state index is 13.3. The Hall–Kier alpha value is -2.34. The summed E-state index contributed by atoms with van der Waals surface area (Å²) in [6.07, 6.45) is -9.77. The lowest BCUT2D eigenvalue weighted by molar-refractivity contribution is -0.140. The summed E-state index contributed by atoms with van der Waals surface area (Å²) in [4.78, 5) is 21.7. The Kier molecular flexibility index (Phi) is 6.24. The highest BCUT2D eigenvalue weighted by Crippen LogP contribution is 2.49. The Bertz CT molecular complexity index is 853. The molecule has 150 valence electrons. The van der Waals surface area contributed by atoms with Gasteiger partial charge in [-0.05, 0) is 24.3 Å². The Morgan fingerprint density at radius 1 is 0.679 bits per heavy atom. The number of primary amides is 2. The Morgan fingerprint density at radius 3 is 1.25 bits per heavy atom. The fourth-order valence-electron chi connectivity index (χ4n) is 2.17. The van der Waals surface area contributed by atoms with Crippen LogP contribution in [0.25, 0.3) is 0 Å². The van der Waals surface area contributed by atoms with Gasteiger partial charge in [-0.25, -0.2) is 0 Å². The third-order valence-electron chi connectivity index (χ3n) is 3.38. The first-order valence-electron chi connectivity index (χ1n) is 7.18. The Labute approximate surface area is 162 Å². The first-order chi connectivity index (χ1) is 12.8. The third kappa shape index (κ3) is 4.73. The standard InChI is InChI=1S/C16H10F6N2O2S2/c17-15(18,19)9-5-1-3-7(13(23)25)11(9)27-28-12-8(14(24)26)4-2-6-10(12)16(20,21)22/h1-6H,(H2,23,25)(H2,24,26). The van der Waals surface area contributed by atoms with Crippen molar-refractivity contribution in [1.82, 2.24) is 0 Å². The van der Waals surface area contributed by atoms with E-state index in [1.54, 1.807) is 0 Å². The van der Waals surface area contributed by atoms with E-state index < -0.39 is 56.2 Å². The molecule has 0 bridgehead atoms. The lowest BCUT2D eigenvalue weighted by atomic mass is 10.1. The van der Waals surface area contributed by atoms with Gasteiger partial charge in [-0.15, -0.1) is 0 Å². The number of hydrogen-bond acceptors (Lipinski definition) is 4. The van der Waals surface area contributed by atoms with Crippen LogP contribution in [0.3, 0.4) is 0 Å². The molecule has 0 aliphatic rings. The number of benzene rings is 2. The SMILES string of the molecule is NC(=O)c1cccc(C(F)(F)F)c1SSc1c(C(N)=O)cccc1C(F)(F)F. The molecule has 12 heteroatoms. The lowest BCUT2D eigenvalue weighted by Crippen LogP contribution is -2.17. The molecule has 0 spiro atoms. The number of alkyl halides is 6. The highest BCUT2D eigenvalue weighted by molar-refractivity contribution is 8.76. The summed E-state index contributed by atoms with van der Waals surface area (Å²) in [7, 11) is 0.464. The second-order valence-corrected chi connectivity index (χ2v) is 7.41. The topological polar surface area (TPSA) is 86.2 Å². The van der Waals surface area contributed by atoms with Crippen molar-refractivity contribution in [2.75, 3.05) is 0 Å². The lowest BCUT2D eigenvalue weighted by Gasteiger charge is -2.17. The van der Waals surface area contributed by atoms with Gasteiger partial charge in [-0.3, -0.25) is 9.59 Å². The summed E-state index contributed by atoms with van der Waals surface area (Å²) in [6, 6.07) is 5.28. The van der Waals surface area contributed by atoms with Crippen molar-refractivity contribution in [2.45, 2.75) is 22.1 Å². The molecule has 0 radical (unpaired) electrons. The van der Waals surface area contributed by atoms with Crippen molar-refractivity contribution in [2.24, 2.45) is 11.5 Å². The molecule has 0 aliphatic carbocycles. The summed E-state index contributed by atoms with van der Waals surface area (Å²) >= 11 is 0. The van der Waals surface area contributed by atoms with Gasteiger partial charge >= 0.3 is 12.4 Å². The Balaban J connectivity index is 2.59. The van der Waals surface area contributed by atoms with E-state index in [0.717, 1.165) is 24.3 Å². The molecule has 0 atom stereocenters. The monoisotopic (exact) mass is 440 g/mol. The average Bonchev–Trinajstić information content (AvgIpc) is 2.57. The van der Waals surface area contributed by atoms with E-state index in [1.165, 1.54) is 0 Å². The summed E-state index contributed by atoms with van der Waals surface area (Å²) in [5.74, 6) is -2.37. The van der Waals surface area contributed by atoms with Crippen molar-refractivity contribution < 1.29 is 35.9 Å². The van der Waals surface area contributed by atoms with Crippen LogP contribution in [0.5, 0.6) is 0 Å². The molecule has 4 N–H and O–H groups in total. The van der Waals surface area contributed by atoms with Crippen molar-refractivity contribution in [3.8, 4) is 0 Å². The van der Waals surface area contributed by atoms with Crippen molar-refractivity contribution in [1.29, 1.82) is 0 Å². The van der Waals surface area contributed by atoms with Gasteiger partial charge in [-0.2, -0.15) is 26.3 Å². The molecule has 2 aromatic carbocycles. The number of rotatable bonds is 5. The molecule has 0 aromatic heterocycles. The number of nitrogens with two attached hydrogens (primary N) is 2. The molecule has 0 unspecified atom stereocenters. The molecule has 0 saturated carbocycles. The maximum absolute atomic E-state index is 13.3. The minimum Gasteiger partial charge on any atom is -0.366 e. The zero-order chi connectivity index (χ0) is 21.3. The predicted molar refractivity (Wildman–Crippen MR) is 91.6 cm³/mol. The molecular formula is C16H10F6N2O2S2. The summed E-state index contributed by atoms with van der Waals surface area (Å²) in [5, 5.41) is 0. The number of carbonyl (C=O) groups is 2. The number of amides is 2. The van der Waals surface area contributed by atoms with E-state index in [0.29, 0.717) is 12.1 Å². The zero-order valence-corrected chi connectivity index (χ0v) is 15.2. The minimum absolute atomic E-state index is 0.232. The van der Waals surface area contributed by atoms with Crippen LogP contribution in [0.1, 0.15) is 31.8 Å². The van der Waals surface area contributed by atoms with Crippen molar-refractivity contribution in [3.05, 3.63) is 58.7 Å². The second-order valence-electron chi connectivity index (χ2n) is 5.26. The molecule has 0 fully saturated rings. The van der Waals surface area contributed by atoms with Crippen LogP contribution in [-0.4, -0.2) is 11.8 Å². The van der Waals surface area contributed by atoms with Crippen LogP contribution < -0.4 is 11.5 Å². The number of halogens is 6. The average molecular weight is 440 g/mol. The van der Waals surface area contributed by atoms with E-state index in [2.05, 4.69) is 0 Å². The van der Waals surface area contributed by atoms with Gasteiger partial charge < -0.3 is 11.5 Å². The highest BCUT2D eigenvalue weighted by Gasteiger charge is 2.37. The molecule has 0 aliphatic heterocycles. The van der Waals surface area contributed by atoms with Gasteiger partial charge in [0.05, 0.1) is 22.3 Å². The van der Waals surface area contributed by atoms with E-state index in [-0.39, 0.29) is 21.6 Å². The van der Waals surface area contributed by atoms with Crippen LogP contribution in [0, 0.1) is 0 Å². The first-order valence-corrected chi connectivity index (χ1v) is 9.33. The van der Waals surface area contributed by atoms with Gasteiger partial charge in [0.2, 0.25) is 11.8 Å². The quantitative estimate of drug-likeness (QED) is 0.520. The van der Waals surface area contributed by atoms with Gasteiger partial charge in [0, 0.05) is 9.79 Å². The summed E-state index contributed by atoms with van der Waals surface area (Å²) in [6.45, 7) is 0. The molecule has 2 aromatic rings. The number of hydrogen-bond donors (Lipinski definition) is 2. The summed E-state index contributed by atoms with van der Waals surface area (Å²) < 4.78 is 79.6. The van der Waals surface area contributed by atoms with Crippen LogP contribution in [0.15, 0.2) is 46.2 Å². The maximum Gasteiger partial charge on any atom is 0.417 e. The zero-order valence-electron chi connectivity index (χ0n) is 13.5. The van der Waals surface area contributed by atoms with Crippen LogP contribution >= 0.6 is 21.6 Å². The molecule has 4 nitrogen and oxygen atoms in total. The van der Waals surface area contributed by atoms with Gasteiger partial charge in [0.15, 0.2) is 0 Å². The van der Waals surface area contributed by atoms with Crippen LogP contribution in [0.4, 0.5) is 26.3 Å². The normalized spacial score (nSPS) is 12.1. The van der Waals surface area contributed by atoms with Gasteiger partial charge in [-0.1, -0.05) is 33.7 Å². The Morgan fingerprint density at radius 2 is 1.00 bits per heavy atom. The predicted octanol–water partition coefficient (Wildman–Crippen LogP) is 4.72. The molecule has 0 heterocycles. The fourth-order valence-corrected chi connectivity index (χ4v) is 4.98. The minimum atomic E-state index is -4.88. The van der Waals surface area contributed by atoms with E-state index in [9.17, 15) is 35.9 Å². The van der Waals surface area contributed by atoms with Crippen molar-refractivity contribution in [3.63, 3.8) is 0 Å². The fraction of sp³-hybridized carbons (Fsp3) is 0.125. The van der Waals surface area contributed by atoms with E-state index in [4.69, 9.17) is 11.5 Å². The molecule has 2 rings (SSSR count).